The maximum absolute atomic E-state index is 6.83. The van der Waals surface area contributed by atoms with Crippen LogP contribution in [0.15, 0.2) is 36.7 Å². The van der Waals surface area contributed by atoms with Gasteiger partial charge in [-0.1, -0.05) is 12.1 Å². The van der Waals surface area contributed by atoms with Crippen molar-refractivity contribution in [3.8, 4) is 0 Å². The van der Waals surface area contributed by atoms with Gasteiger partial charge in [0.2, 0.25) is 0 Å². The minimum atomic E-state index is 0.675. The first kappa shape index (κ1) is 6.81. The molecule has 12 heavy (non-hydrogen) atoms. The molecule has 1 heterocycles. The molecule has 2 nitrogen and oxygen atoms in total. The molecule has 2 heteroatoms. The van der Waals surface area contributed by atoms with Crippen LogP contribution >= 0.6 is 0 Å². The van der Waals surface area contributed by atoms with Gasteiger partial charge in [0.15, 0.2) is 5.69 Å². The van der Waals surface area contributed by atoms with Gasteiger partial charge in [-0.3, -0.25) is 4.98 Å². The van der Waals surface area contributed by atoms with Crippen LogP contribution in [0, 0.1) is 6.57 Å². The third-order valence-electron chi connectivity index (χ3n) is 1.75. The Balaban J connectivity index is 2.78. The number of nitrogens with zero attached hydrogens (tertiary/aromatic N) is 2. The highest BCUT2D eigenvalue weighted by molar-refractivity contribution is 5.84. The Morgan fingerprint density at radius 3 is 2.92 bits per heavy atom. The molecule has 0 amide bonds. The molecule has 0 saturated heterocycles. The first-order valence-electron chi connectivity index (χ1n) is 3.61. The monoisotopic (exact) mass is 154 g/mol. The Morgan fingerprint density at radius 1 is 1.17 bits per heavy atom. The number of rotatable bonds is 0. The zero-order chi connectivity index (χ0) is 8.39. The van der Waals surface area contributed by atoms with Crippen molar-refractivity contribution in [1.82, 2.24) is 4.98 Å². The van der Waals surface area contributed by atoms with Crippen molar-refractivity contribution in [1.29, 1.82) is 0 Å². The molecule has 0 spiro atoms. The molecule has 0 bridgehead atoms. The maximum atomic E-state index is 6.83. The lowest BCUT2D eigenvalue weighted by atomic mass is 10.2. The van der Waals surface area contributed by atoms with E-state index >= 15 is 0 Å². The highest BCUT2D eigenvalue weighted by atomic mass is 14.6. The Bertz CT molecular complexity index is 455. The SMILES string of the molecule is [C-]#[N+]c1ccc2cnccc2c1. The minimum Gasteiger partial charge on any atom is -0.264 e. The van der Waals surface area contributed by atoms with Gasteiger partial charge < -0.3 is 0 Å². The molecule has 0 saturated carbocycles. The third-order valence-corrected chi connectivity index (χ3v) is 1.75. The first-order valence-corrected chi connectivity index (χ1v) is 3.61. The van der Waals surface area contributed by atoms with E-state index in [2.05, 4.69) is 9.83 Å². The van der Waals surface area contributed by atoms with Crippen molar-refractivity contribution in [3.63, 3.8) is 0 Å². The zero-order valence-corrected chi connectivity index (χ0v) is 6.36. The van der Waals surface area contributed by atoms with Gasteiger partial charge >= 0.3 is 0 Å². The molecule has 2 aromatic rings. The normalized spacial score (nSPS) is 9.58. The van der Waals surface area contributed by atoms with Crippen molar-refractivity contribution in [2.45, 2.75) is 0 Å². The molecule has 0 aliphatic carbocycles. The summed E-state index contributed by atoms with van der Waals surface area (Å²) < 4.78 is 0. The van der Waals surface area contributed by atoms with Gasteiger partial charge in [0.05, 0.1) is 6.57 Å². The summed E-state index contributed by atoms with van der Waals surface area (Å²) in [6.07, 6.45) is 3.53. The zero-order valence-electron chi connectivity index (χ0n) is 6.36. The molecular formula is C10H6N2. The molecule has 1 aromatic carbocycles. The van der Waals surface area contributed by atoms with E-state index in [0.29, 0.717) is 5.69 Å². The van der Waals surface area contributed by atoms with E-state index in [0.717, 1.165) is 10.8 Å². The van der Waals surface area contributed by atoms with Gasteiger partial charge in [-0.05, 0) is 22.9 Å². The fourth-order valence-electron chi connectivity index (χ4n) is 1.14. The molecular weight excluding hydrogens is 148 g/mol. The quantitative estimate of drug-likeness (QED) is 0.533. The van der Waals surface area contributed by atoms with Crippen LogP contribution in [0.2, 0.25) is 0 Å². The van der Waals surface area contributed by atoms with Crippen LogP contribution in [0.4, 0.5) is 5.69 Å². The van der Waals surface area contributed by atoms with E-state index in [1.807, 2.05) is 18.2 Å². The van der Waals surface area contributed by atoms with Crippen LogP contribution in [0.25, 0.3) is 15.6 Å². The second-order valence-corrected chi connectivity index (χ2v) is 2.52. The smallest absolute Gasteiger partial charge is 0.187 e. The molecule has 0 radical (unpaired) electrons. The van der Waals surface area contributed by atoms with E-state index in [9.17, 15) is 0 Å². The van der Waals surface area contributed by atoms with Crippen molar-refractivity contribution >= 4 is 16.5 Å². The molecule has 2 rings (SSSR count). The van der Waals surface area contributed by atoms with Gasteiger partial charge in [0.25, 0.3) is 0 Å². The largest absolute Gasteiger partial charge is 0.264 e. The lowest BCUT2D eigenvalue weighted by Gasteiger charge is -1.95. The number of fused-ring (bicyclic) bond motifs is 1. The second kappa shape index (κ2) is 2.63. The fraction of sp³-hybridized carbons (Fsp3) is 0. The number of benzene rings is 1. The van der Waals surface area contributed by atoms with Crippen molar-refractivity contribution in [2.24, 2.45) is 0 Å². The molecule has 0 fully saturated rings. The number of aromatic nitrogens is 1. The molecule has 0 aliphatic rings. The summed E-state index contributed by atoms with van der Waals surface area (Å²) in [7, 11) is 0. The topological polar surface area (TPSA) is 17.2 Å². The molecule has 0 atom stereocenters. The lowest BCUT2D eigenvalue weighted by molar-refractivity contribution is 1.36. The van der Waals surface area contributed by atoms with Crippen LogP contribution in [0.5, 0.6) is 0 Å². The van der Waals surface area contributed by atoms with Crippen LogP contribution in [-0.2, 0) is 0 Å². The Hall–Kier alpha value is -1.88. The van der Waals surface area contributed by atoms with Crippen molar-refractivity contribution in [2.75, 3.05) is 0 Å². The van der Waals surface area contributed by atoms with Crippen LogP contribution in [0.1, 0.15) is 0 Å². The highest BCUT2D eigenvalue weighted by Crippen LogP contribution is 2.19. The van der Waals surface area contributed by atoms with Gasteiger partial charge in [-0.25, -0.2) is 4.85 Å². The summed E-state index contributed by atoms with van der Waals surface area (Å²) in [6, 6.07) is 7.49. The number of pyridine rings is 1. The lowest BCUT2D eigenvalue weighted by Crippen LogP contribution is -1.72. The van der Waals surface area contributed by atoms with Crippen LogP contribution in [0.3, 0.4) is 0 Å². The highest BCUT2D eigenvalue weighted by Gasteiger charge is 1.93. The average Bonchev–Trinajstić information content (AvgIpc) is 2.17. The van der Waals surface area contributed by atoms with E-state index < -0.39 is 0 Å². The van der Waals surface area contributed by atoms with Gasteiger partial charge in [-0.2, -0.15) is 0 Å². The summed E-state index contributed by atoms with van der Waals surface area (Å²) >= 11 is 0. The van der Waals surface area contributed by atoms with Gasteiger partial charge in [0.1, 0.15) is 0 Å². The van der Waals surface area contributed by atoms with Crippen LogP contribution in [-0.4, -0.2) is 4.98 Å². The third kappa shape index (κ3) is 1.02. The summed E-state index contributed by atoms with van der Waals surface area (Å²) in [4.78, 5) is 7.34. The van der Waals surface area contributed by atoms with Crippen molar-refractivity contribution < 1.29 is 0 Å². The predicted octanol–water partition coefficient (Wildman–Crippen LogP) is 2.79. The molecule has 0 aliphatic heterocycles. The molecule has 1 aromatic heterocycles. The Kier molecular flexibility index (Phi) is 1.49. The van der Waals surface area contributed by atoms with Crippen molar-refractivity contribution in [3.05, 3.63) is 48.1 Å². The standard InChI is InChI=1S/C10H6N2/c1-11-10-3-2-9-7-12-5-4-8(9)6-10/h2-7H. The maximum Gasteiger partial charge on any atom is 0.187 e. The van der Waals surface area contributed by atoms with E-state index in [4.69, 9.17) is 6.57 Å². The summed E-state index contributed by atoms with van der Waals surface area (Å²) in [6.45, 7) is 6.83. The van der Waals surface area contributed by atoms with Crippen LogP contribution < -0.4 is 0 Å². The van der Waals surface area contributed by atoms with E-state index in [1.165, 1.54) is 0 Å². The molecule has 0 N–H and O–H groups in total. The van der Waals surface area contributed by atoms with E-state index in [1.54, 1.807) is 18.5 Å². The Morgan fingerprint density at radius 2 is 2.08 bits per heavy atom. The Labute approximate surface area is 70.3 Å². The number of hydrogen-bond acceptors (Lipinski definition) is 1. The fourth-order valence-corrected chi connectivity index (χ4v) is 1.14. The predicted molar refractivity (Wildman–Crippen MR) is 48.0 cm³/mol. The van der Waals surface area contributed by atoms with E-state index in [-0.39, 0.29) is 0 Å². The van der Waals surface area contributed by atoms with Gasteiger partial charge in [0, 0.05) is 12.4 Å². The second-order valence-electron chi connectivity index (χ2n) is 2.52. The summed E-state index contributed by atoms with van der Waals surface area (Å²) in [5, 5.41) is 2.14. The summed E-state index contributed by atoms with van der Waals surface area (Å²) in [5.41, 5.74) is 0.675. The average molecular weight is 154 g/mol. The molecule has 56 valence electrons. The van der Waals surface area contributed by atoms with Gasteiger partial charge in [-0.15, -0.1) is 0 Å². The first-order chi connectivity index (χ1) is 5.90. The summed E-state index contributed by atoms with van der Waals surface area (Å²) in [5.74, 6) is 0. The minimum absolute atomic E-state index is 0.675. The molecule has 0 unspecified atom stereocenters. The number of hydrogen-bond donors (Lipinski definition) is 0.